The van der Waals surface area contributed by atoms with Crippen LogP contribution in [0.2, 0.25) is 0 Å². The van der Waals surface area contributed by atoms with Crippen molar-refractivity contribution in [2.24, 2.45) is 0 Å². The van der Waals surface area contributed by atoms with Crippen LogP contribution in [0.15, 0.2) is 18.2 Å². The predicted octanol–water partition coefficient (Wildman–Crippen LogP) is 3.22. The SMILES string of the molecule is COC[C@H](Nc1ccc(C(F)(F)F)cc1[N+](=O)[O-])[C@H]1CCCO1. The smallest absolute Gasteiger partial charge is 0.382 e. The first kappa shape index (κ1) is 17.5. The van der Waals surface area contributed by atoms with Crippen molar-refractivity contribution in [2.45, 2.75) is 31.2 Å². The Kier molecular flexibility index (Phi) is 5.42. The van der Waals surface area contributed by atoms with Gasteiger partial charge >= 0.3 is 6.18 Å². The Labute approximate surface area is 130 Å². The van der Waals surface area contributed by atoms with Crippen LogP contribution in [0.5, 0.6) is 0 Å². The number of anilines is 1. The normalized spacial score (nSPS) is 19.6. The zero-order chi connectivity index (χ0) is 17.0. The number of ether oxygens (including phenoxy) is 2. The molecule has 2 atom stereocenters. The van der Waals surface area contributed by atoms with E-state index in [2.05, 4.69) is 5.32 Å². The number of alkyl halides is 3. The van der Waals surface area contributed by atoms with Gasteiger partial charge in [-0.1, -0.05) is 0 Å². The van der Waals surface area contributed by atoms with Crippen LogP contribution in [-0.4, -0.2) is 37.4 Å². The highest BCUT2D eigenvalue weighted by molar-refractivity contribution is 5.63. The van der Waals surface area contributed by atoms with E-state index in [4.69, 9.17) is 9.47 Å². The standard InChI is InChI=1S/C14H17F3N2O4/c1-22-8-11(13-3-2-6-23-13)18-10-5-4-9(14(15,16)17)7-12(10)19(20)21/h4-5,7,11,13,18H,2-3,6,8H2,1H3/t11-,13+/m0/s1. The molecule has 23 heavy (non-hydrogen) atoms. The Morgan fingerprint density at radius 3 is 2.78 bits per heavy atom. The molecule has 1 aliphatic heterocycles. The molecule has 0 aliphatic carbocycles. The van der Waals surface area contributed by atoms with Gasteiger partial charge in [0.05, 0.1) is 29.2 Å². The summed E-state index contributed by atoms with van der Waals surface area (Å²) in [6.07, 6.45) is -3.21. The first-order valence-corrected chi connectivity index (χ1v) is 7.05. The number of halogens is 3. The van der Waals surface area contributed by atoms with Crippen LogP contribution in [0.4, 0.5) is 24.5 Å². The van der Waals surface area contributed by atoms with Crippen LogP contribution in [0.3, 0.4) is 0 Å². The highest BCUT2D eigenvalue weighted by Crippen LogP contribution is 2.35. The average Bonchev–Trinajstić information content (AvgIpc) is 2.99. The van der Waals surface area contributed by atoms with Crippen LogP contribution in [-0.2, 0) is 15.7 Å². The number of hydrogen-bond acceptors (Lipinski definition) is 5. The minimum atomic E-state index is -4.64. The van der Waals surface area contributed by atoms with E-state index in [1.807, 2.05) is 0 Å². The number of nitro benzene ring substituents is 1. The number of hydrogen-bond donors (Lipinski definition) is 1. The summed E-state index contributed by atoms with van der Waals surface area (Å²) in [5, 5.41) is 14.0. The van der Waals surface area contributed by atoms with E-state index in [1.165, 1.54) is 7.11 Å². The average molecular weight is 334 g/mol. The lowest BCUT2D eigenvalue weighted by molar-refractivity contribution is -0.384. The Hall–Kier alpha value is -1.87. The van der Waals surface area contributed by atoms with Crippen LogP contribution in [0, 0.1) is 10.1 Å². The topological polar surface area (TPSA) is 73.6 Å². The molecule has 1 saturated heterocycles. The largest absolute Gasteiger partial charge is 0.416 e. The van der Waals surface area contributed by atoms with Gasteiger partial charge in [-0.15, -0.1) is 0 Å². The van der Waals surface area contributed by atoms with Crippen molar-refractivity contribution in [1.82, 2.24) is 0 Å². The van der Waals surface area contributed by atoms with Crippen molar-refractivity contribution in [3.05, 3.63) is 33.9 Å². The van der Waals surface area contributed by atoms with E-state index in [-0.39, 0.29) is 24.4 Å². The number of nitrogens with zero attached hydrogens (tertiary/aromatic N) is 1. The van der Waals surface area contributed by atoms with E-state index in [9.17, 15) is 23.3 Å². The summed E-state index contributed by atoms with van der Waals surface area (Å²) in [4.78, 5) is 10.3. The fourth-order valence-electron chi connectivity index (χ4n) is 2.52. The molecule has 1 fully saturated rings. The maximum Gasteiger partial charge on any atom is 0.416 e. The maximum absolute atomic E-state index is 12.7. The van der Waals surface area contributed by atoms with Gasteiger partial charge in [-0.2, -0.15) is 13.2 Å². The van der Waals surface area contributed by atoms with Gasteiger partial charge in [0, 0.05) is 19.8 Å². The molecule has 0 bridgehead atoms. The molecule has 0 radical (unpaired) electrons. The number of nitrogens with one attached hydrogen (secondary N) is 1. The van der Waals surface area contributed by atoms with Crippen molar-refractivity contribution in [1.29, 1.82) is 0 Å². The quantitative estimate of drug-likeness (QED) is 0.639. The fourth-order valence-corrected chi connectivity index (χ4v) is 2.52. The Morgan fingerprint density at radius 2 is 2.26 bits per heavy atom. The lowest BCUT2D eigenvalue weighted by atomic mass is 10.1. The molecule has 0 amide bonds. The third-order valence-electron chi connectivity index (χ3n) is 3.62. The maximum atomic E-state index is 12.7. The fraction of sp³-hybridized carbons (Fsp3) is 0.571. The molecular formula is C14H17F3N2O4. The van der Waals surface area contributed by atoms with Gasteiger partial charge in [0.2, 0.25) is 0 Å². The van der Waals surface area contributed by atoms with Crippen molar-refractivity contribution >= 4 is 11.4 Å². The third kappa shape index (κ3) is 4.32. The Balaban J connectivity index is 2.27. The highest BCUT2D eigenvalue weighted by atomic mass is 19.4. The van der Waals surface area contributed by atoms with E-state index >= 15 is 0 Å². The van der Waals surface area contributed by atoms with Gasteiger partial charge in [-0.05, 0) is 25.0 Å². The number of methoxy groups -OCH3 is 1. The van der Waals surface area contributed by atoms with Gasteiger partial charge < -0.3 is 14.8 Å². The van der Waals surface area contributed by atoms with Crippen LogP contribution in [0.1, 0.15) is 18.4 Å². The van der Waals surface area contributed by atoms with Crippen molar-refractivity contribution in [2.75, 3.05) is 25.6 Å². The summed E-state index contributed by atoms with van der Waals surface area (Å²) in [5.41, 5.74) is -1.67. The molecule has 0 unspecified atom stereocenters. The van der Waals surface area contributed by atoms with Crippen LogP contribution < -0.4 is 5.32 Å². The zero-order valence-corrected chi connectivity index (χ0v) is 12.4. The first-order chi connectivity index (χ1) is 10.8. The lowest BCUT2D eigenvalue weighted by Gasteiger charge is -2.24. The van der Waals surface area contributed by atoms with Crippen LogP contribution in [0.25, 0.3) is 0 Å². The molecule has 128 valence electrons. The summed E-state index contributed by atoms with van der Waals surface area (Å²) in [7, 11) is 1.48. The van der Waals surface area contributed by atoms with E-state index in [1.54, 1.807) is 0 Å². The molecular weight excluding hydrogens is 317 g/mol. The predicted molar refractivity (Wildman–Crippen MR) is 76.4 cm³/mol. The van der Waals surface area contributed by atoms with E-state index in [0.717, 1.165) is 25.0 Å². The Bertz CT molecular complexity index is 559. The van der Waals surface area contributed by atoms with Gasteiger partial charge in [0.25, 0.3) is 5.69 Å². The molecule has 0 aromatic heterocycles. The lowest BCUT2D eigenvalue weighted by Crippen LogP contribution is -2.37. The van der Waals surface area contributed by atoms with Crippen molar-refractivity contribution < 1.29 is 27.6 Å². The number of nitro groups is 1. The molecule has 9 heteroatoms. The molecule has 1 aliphatic rings. The second kappa shape index (κ2) is 7.14. The van der Waals surface area contributed by atoms with Gasteiger partial charge in [-0.3, -0.25) is 10.1 Å². The molecule has 6 nitrogen and oxygen atoms in total. The van der Waals surface area contributed by atoms with Crippen molar-refractivity contribution in [3.63, 3.8) is 0 Å². The molecule has 1 heterocycles. The van der Waals surface area contributed by atoms with Crippen LogP contribution >= 0.6 is 0 Å². The summed E-state index contributed by atoms with van der Waals surface area (Å²) >= 11 is 0. The minimum Gasteiger partial charge on any atom is -0.382 e. The summed E-state index contributed by atoms with van der Waals surface area (Å²) in [5.74, 6) is 0. The molecule has 1 aromatic carbocycles. The number of benzene rings is 1. The number of rotatable bonds is 6. The van der Waals surface area contributed by atoms with E-state index in [0.29, 0.717) is 12.7 Å². The molecule has 1 aromatic rings. The molecule has 0 spiro atoms. The third-order valence-corrected chi connectivity index (χ3v) is 3.62. The summed E-state index contributed by atoms with van der Waals surface area (Å²) in [6.45, 7) is 0.810. The Morgan fingerprint density at radius 1 is 1.52 bits per heavy atom. The van der Waals surface area contributed by atoms with Crippen molar-refractivity contribution in [3.8, 4) is 0 Å². The minimum absolute atomic E-state index is 0.0144. The second-order valence-corrected chi connectivity index (χ2v) is 5.24. The van der Waals surface area contributed by atoms with Gasteiger partial charge in [-0.25, -0.2) is 0 Å². The molecule has 2 rings (SSSR count). The molecule has 0 saturated carbocycles. The first-order valence-electron chi connectivity index (χ1n) is 7.05. The summed E-state index contributed by atoms with van der Waals surface area (Å²) in [6, 6.07) is 2.03. The zero-order valence-electron chi connectivity index (χ0n) is 12.4. The monoisotopic (exact) mass is 334 g/mol. The van der Waals surface area contributed by atoms with Gasteiger partial charge in [0.15, 0.2) is 0 Å². The van der Waals surface area contributed by atoms with E-state index < -0.39 is 22.4 Å². The second-order valence-electron chi connectivity index (χ2n) is 5.24. The van der Waals surface area contributed by atoms with Gasteiger partial charge in [0.1, 0.15) is 5.69 Å². The highest BCUT2D eigenvalue weighted by Gasteiger charge is 2.34. The molecule has 1 N–H and O–H groups in total. The summed E-state index contributed by atoms with van der Waals surface area (Å²) < 4.78 is 48.7.